The molecule has 2 aliphatic rings. The van der Waals surface area contributed by atoms with Gasteiger partial charge in [-0.05, 0) is 46.0 Å². The van der Waals surface area contributed by atoms with E-state index >= 15 is 0 Å². The molecule has 0 radical (unpaired) electrons. The molecule has 0 amide bonds. The average molecular weight is 427 g/mol. The predicted molar refractivity (Wildman–Crippen MR) is 102 cm³/mol. The van der Waals surface area contributed by atoms with Gasteiger partial charge in [-0.25, -0.2) is 13.8 Å². The first-order chi connectivity index (χ1) is 11.9. The Morgan fingerprint density at radius 1 is 1.32 bits per heavy atom. The van der Waals surface area contributed by atoms with Gasteiger partial charge in [0, 0.05) is 17.2 Å². The van der Waals surface area contributed by atoms with Crippen LogP contribution >= 0.6 is 27.3 Å². The number of nitrogens with zero attached hydrogens (tertiary/aromatic N) is 2. The van der Waals surface area contributed by atoms with E-state index in [9.17, 15) is 8.78 Å². The third kappa shape index (κ3) is 2.54. The predicted octanol–water partition coefficient (Wildman–Crippen LogP) is 5.53. The third-order valence-electron chi connectivity index (χ3n) is 4.54. The van der Waals surface area contributed by atoms with Crippen LogP contribution in [0.25, 0.3) is 15.8 Å². The van der Waals surface area contributed by atoms with E-state index < -0.39 is 6.43 Å². The van der Waals surface area contributed by atoms with E-state index in [0.29, 0.717) is 9.17 Å². The van der Waals surface area contributed by atoms with Crippen molar-refractivity contribution in [3.05, 3.63) is 38.5 Å². The number of hydrogen-bond acceptors (Lipinski definition) is 4. The smallest absolute Gasteiger partial charge is 0.266 e. The zero-order chi connectivity index (χ0) is 17.9. The quantitative estimate of drug-likeness (QED) is 0.677. The number of aromatic nitrogens is 1. The maximum absolute atomic E-state index is 13.6. The lowest BCUT2D eigenvalue weighted by Crippen LogP contribution is -2.35. The van der Waals surface area contributed by atoms with Crippen LogP contribution in [0.1, 0.15) is 49.9 Å². The Labute approximate surface area is 156 Å². The van der Waals surface area contributed by atoms with E-state index in [1.807, 2.05) is 32.0 Å². The summed E-state index contributed by atoms with van der Waals surface area (Å²) >= 11 is 4.62. The van der Waals surface area contributed by atoms with Crippen molar-refractivity contribution < 1.29 is 8.78 Å². The van der Waals surface area contributed by atoms with Gasteiger partial charge in [-0.1, -0.05) is 13.8 Å². The second-order valence-electron chi connectivity index (χ2n) is 6.53. The number of rotatable bonds is 3. The standard InChI is InChI=1S/C17H17BrF2N4S/c1-7(2)10-11-12(15(19)20)14(18)25-17(11)23-13(10)9-4-8(3)16-21-6-22-24(16)5-9/h4-7,15-16,23H,1-3H3,(H,21,22). The van der Waals surface area contributed by atoms with Crippen LogP contribution in [0.5, 0.6) is 0 Å². The maximum Gasteiger partial charge on any atom is 0.266 e. The summed E-state index contributed by atoms with van der Waals surface area (Å²) < 4.78 is 27.7. The van der Waals surface area contributed by atoms with Crippen LogP contribution in [0.15, 0.2) is 26.7 Å². The van der Waals surface area contributed by atoms with Gasteiger partial charge < -0.3 is 10.3 Å². The Hall–Kier alpha value is -1.67. The molecule has 1 unspecified atom stereocenters. The highest BCUT2D eigenvalue weighted by molar-refractivity contribution is 9.11. The molecule has 8 heteroatoms. The molecular weight excluding hydrogens is 410 g/mol. The van der Waals surface area contributed by atoms with Crippen molar-refractivity contribution in [2.75, 3.05) is 0 Å². The Kier molecular flexibility index (Phi) is 3.99. The summed E-state index contributed by atoms with van der Waals surface area (Å²) in [6.07, 6.45) is 3.23. The largest absolute Gasteiger partial charge is 0.350 e. The number of aromatic amines is 1. The van der Waals surface area contributed by atoms with Crippen molar-refractivity contribution in [1.29, 1.82) is 0 Å². The van der Waals surface area contributed by atoms with Gasteiger partial charge in [0.1, 0.15) is 17.3 Å². The van der Waals surface area contributed by atoms with Crippen molar-refractivity contribution in [3.63, 3.8) is 0 Å². The number of halogens is 3. The Balaban J connectivity index is 1.94. The molecule has 0 aromatic carbocycles. The summed E-state index contributed by atoms with van der Waals surface area (Å²) in [6, 6.07) is 0. The highest BCUT2D eigenvalue weighted by Crippen LogP contribution is 2.47. The highest BCUT2D eigenvalue weighted by atomic mass is 79.9. The van der Waals surface area contributed by atoms with Crippen molar-refractivity contribution in [3.8, 4) is 0 Å². The monoisotopic (exact) mass is 426 g/mol. The number of thiophene rings is 1. The van der Waals surface area contributed by atoms with Crippen LogP contribution in [0.4, 0.5) is 8.78 Å². The lowest BCUT2D eigenvalue weighted by molar-refractivity contribution is 0.153. The fraction of sp³-hybridized carbons (Fsp3) is 0.353. The van der Waals surface area contributed by atoms with Crippen LogP contribution in [0.3, 0.4) is 0 Å². The zero-order valence-corrected chi connectivity index (χ0v) is 16.3. The molecule has 25 heavy (non-hydrogen) atoms. The highest BCUT2D eigenvalue weighted by Gasteiger charge is 2.30. The number of allylic oxidation sites excluding steroid dienone is 2. The summed E-state index contributed by atoms with van der Waals surface area (Å²) in [5, 5.41) is 9.98. The molecule has 0 saturated carbocycles. The fourth-order valence-electron chi connectivity index (χ4n) is 3.48. The van der Waals surface area contributed by atoms with E-state index in [1.165, 1.54) is 11.3 Å². The van der Waals surface area contributed by atoms with Gasteiger partial charge >= 0.3 is 0 Å². The second-order valence-corrected chi connectivity index (χ2v) is 8.87. The number of hydrazone groups is 1. The van der Waals surface area contributed by atoms with Gasteiger partial charge in [0.25, 0.3) is 6.43 Å². The summed E-state index contributed by atoms with van der Waals surface area (Å²) in [4.78, 5) is 4.15. The van der Waals surface area contributed by atoms with Gasteiger partial charge in [0.15, 0.2) is 0 Å². The Bertz CT molecular complexity index is 938. The summed E-state index contributed by atoms with van der Waals surface area (Å²) in [6.45, 7) is 6.10. The average Bonchev–Trinajstić information content (AvgIpc) is 3.18. The van der Waals surface area contributed by atoms with Gasteiger partial charge in [0.05, 0.1) is 15.0 Å². The molecule has 2 aliphatic heterocycles. The van der Waals surface area contributed by atoms with E-state index in [0.717, 1.165) is 27.2 Å². The number of alkyl halides is 2. The van der Waals surface area contributed by atoms with Crippen molar-refractivity contribution in [2.45, 2.75) is 39.3 Å². The molecule has 2 aromatic heterocycles. The molecular formula is C17H17BrF2N4S. The van der Waals surface area contributed by atoms with E-state index in [2.05, 4.69) is 37.4 Å². The first-order valence-corrected chi connectivity index (χ1v) is 9.58. The van der Waals surface area contributed by atoms with Gasteiger partial charge in [-0.2, -0.15) is 5.10 Å². The van der Waals surface area contributed by atoms with Crippen LogP contribution in [-0.4, -0.2) is 22.5 Å². The van der Waals surface area contributed by atoms with Gasteiger partial charge in [0.2, 0.25) is 0 Å². The lowest BCUT2D eigenvalue weighted by atomic mass is 9.94. The van der Waals surface area contributed by atoms with Crippen LogP contribution < -0.4 is 5.32 Å². The fourth-order valence-corrected chi connectivity index (χ4v) is 5.29. The zero-order valence-electron chi connectivity index (χ0n) is 13.9. The van der Waals surface area contributed by atoms with Gasteiger partial charge in [-0.15, -0.1) is 11.3 Å². The van der Waals surface area contributed by atoms with Gasteiger partial charge in [-0.3, -0.25) is 0 Å². The first kappa shape index (κ1) is 16.8. The first-order valence-electron chi connectivity index (χ1n) is 7.97. The number of fused-ring (bicyclic) bond motifs is 2. The minimum atomic E-state index is -2.52. The molecule has 4 nitrogen and oxygen atoms in total. The Morgan fingerprint density at radius 2 is 2.08 bits per heavy atom. The molecule has 4 heterocycles. The summed E-state index contributed by atoms with van der Waals surface area (Å²) in [7, 11) is 0. The van der Waals surface area contributed by atoms with E-state index in [1.54, 1.807) is 6.34 Å². The summed E-state index contributed by atoms with van der Waals surface area (Å²) in [5.41, 5.74) is 3.99. The molecule has 4 rings (SSSR count). The molecule has 0 bridgehead atoms. The van der Waals surface area contributed by atoms with Crippen molar-refractivity contribution in [2.24, 2.45) is 5.10 Å². The minimum Gasteiger partial charge on any atom is -0.350 e. The number of H-pyrrole nitrogens is 1. The molecule has 1 atom stereocenters. The summed E-state index contributed by atoms with van der Waals surface area (Å²) in [5.74, 6) is 0.107. The third-order valence-corrected chi connectivity index (χ3v) is 6.36. The molecule has 2 aromatic rings. The van der Waals surface area contributed by atoms with E-state index in [4.69, 9.17) is 0 Å². The molecule has 132 valence electrons. The maximum atomic E-state index is 13.6. The molecule has 0 saturated heterocycles. The number of hydrogen-bond donors (Lipinski definition) is 2. The molecule has 2 N–H and O–H groups in total. The van der Waals surface area contributed by atoms with Crippen LogP contribution in [0.2, 0.25) is 0 Å². The Morgan fingerprint density at radius 3 is 2.76 bits per heavy atom. The minimum absolute atomic E-state index is 0.0353. The van der Waals surface area contributed by atoms with Crippen LogP contribution in [-0.2, 0) is 0 Å². The molecule has 0 fully saturated rings. The molecule has 0 aliphatic carbocycles. The topological polar surface area (TPSA) is 43.4 Å². The lowest BCUT2D eigenvalue weighted by Gasteiger charge is -2.26. The van der Waals surface area contributed by atoms with Crippen molar-refractivity contribution >= 4 is 49.4 Å². The van der Waals surface area contributed by atoms with Crippen molar-refractivity contribution in [1.82, 2.24) is 15.3 Å². The number of nitrogens with one attached hydrogen (secondary N) is 2. The van der Waals surface area contributed by atoms with E-state index in [-0.39, 0.29) is 17.6 Å². The second kappa shape index (κ2) is 5.95. The SMILES string of the molecule is CC1=CC(c2[nH]c3sc(Br)c(C(F)F)c3c2C(C)C)=CN2N=CNC12. The normalized spacial score (nSPS) is 19.7. The molecule has 0 spiro atoms. The van der Waals surface area contributed by atoms with Crippen LogP contribution in [0, 0.1) is 0 Å².